The van der Waals surface area contributed by atoms with Gasteiger partial charge in [0.05, 0.1) is 18.5 Å². The number of hydrogen-bond acceptors (Lipinski definition) is 4. The van der Waals surface area contributed by atoms with Gasteiger partial charge < -0.3 is 15.4 Å². The van der Waals surface area contributed by atoms with E-state index in [9.17, 15) is 9.59 Å². The molecule has 0 aliphatic carbocycles. The molecule has 0 saturated heterocycles. The number of carbonyl (C=O) groups is 2. The number of alkyl carbamates (subject to hydrolysis) is 1. The van der Waals surface area contributed by atoms with E-state index in [1.807, 2.05) is 0 Å². The predicted molar refractivity (Wildman–Crippen MR) is 62.5 cm³/mol. The lowest BCUT2D eigenvalue weighted by Gasteiger charge is -2.06. The van der Waals surface area contributed by atoms with Crippen LogP contribution in [-0.4, -0.2) is 30.1 Å². The summed E-state index contributed by atoms with van der Waals surface area (Å²) in [6.07, 6.45) is 2.85. The number of nitrogens with zero attached hydrogens (tertiary/aromatic N) is 1. The Morgan fingerprint density at radius 2 is 2.29 bits per heavy atom. The molecule has 1 aromatic heterocycles. The molecular formula is C11H15N3O3. The van der Waals surface area contributed by atoms with Crippen LogP contribution < -0.4 is 10.6 Å². The minimum absolute atomic E-state index is 0.185. The van der Waals surface area contributed by atoms with E-state index in [2.05, 4.69) is 20.4 Å². The summed E-state index contributed by atoms with van der Waals surface area (Å²) < 4.78 is 4.65. The lowest BCUT2D eigenvalue weighted by Crippen LogP contribution is -2.28. The largest absolute Gasteiger partial charge is 0.450 e. The van der Waals surface area contributed by atoms with Gasteiger partial charge in [-0.25, -0.2) is 4.79 Å². The van der Waals surface area contributed by atoms with E-state index < -0.39 is 6.09 Å². The molecule has 0 bridgehead atoms. The van der Waals surface area contributed by atoms with Crippen molar-refractivity contribution >= 4 is 17.7 Å². The number of amides is 2. The maximum atomic E-state index is 11.4. The molecule has 0 fully saturated rings. The van der Waals surface area contributed by atoms with E-state index in [1.54, 1.807) is 31.5 Å². The first-order valence-corrected chi connectivity index (χ1v) is 5.33. The zero-order chi connectivity index (χ0) is 12.5. The molecule has 0 unspecified atom stereocenters. The summed E-state index contributed by atoms with van der Waals surface area (Å²) in [6, 6.07) is 3.47. The molecule has 1 rings (SSSR count). The molecule has 2 amide bonds. The maximum absolute atomic E-state index is 11.4. The summed E-state index contributed by atoms with van der Waals surface area (Å²) >= 11 is 0. The molecule has 0 atom stereocenters. The third-order valence-electron chi connectivity index (χ3n) is 1.84. The minimum atomic E-state index is -0.512. The van der Waals surface area contributed by atoms with Gasteiger partial charge in [-0.1, -0.05) is 0 Å². The Labute approximate surface area is 99.4 Å². The van der Waals surface area contributed by atoms with E-state index in [0.717, 1.165) is 0 Å². The van der Waals surface area contributed by atoms with Crippen LogP contribution in [0.1, 0.15) is 13.3 Å². The minimum Gasteiger partial charge on any atom is -0.450 e. The Morgan fingerprint density at radius 1 is 1.47 bits per heavy atom. The first-order chi connectivity index (χ1) is 8.22. The number of rotatable bonds is 5. The fourth-order valence-corrected chi connectivity index (χ4v) is 1.12. The lowest BCUT2D eigenvalue weighted by atomic mass is 10.3. The third-order valence-corrected chi connectivity index (χ3v) is 1.84. The van der Waals surface area contributed by atoms with Crippen molar-refractivity contribution < 1.29 is 14.3 Å². The monoisotopic (exact) mass is 237 g/mol. The van der Waals surface area contributed by atoms with Crippen LogP contribution in [0, 0.1) is 0 Å². The normalized spacial score (nSPS) is 9.47. The lowest BCUT2D eigenvalue weighted by molar-refractivity contribution is -0.116. The molecule has 92 valence electrons. The highest BCUT2D eigenvalue weighted by atomic mass is 16.5. The molecule has 0 aliphatic rings. The van der Waals surface area contributed by atoms with Crippen molar-refractivity contribution in [2.24, 2.45) is 0 Å². The Balaban J connectivity index is 2.20. The fourth-order valence-electron chi connectivity index (χ4n) is 1.12. The van der Waals surface area contributed by atoms with Gasteiger partial charge in [-0.15, -0.1) is 0 Å². The molecule has 2 N–H and O–H groups in total. The standard InChI is InChI=1S/C11H15N3O3/c1-2-17-11(16)13-7-5-10(15)14-9-4-3-6-12-8-9/h3-4,6,8H,2,5,7H2,1H3,(H,13,16)(H,14,15). The van der Waals surface area contributed by atoms with Crippen LogP contribution >= 0.6 is 0 Å². The van der Waals surface area contributed by atoms with Crippen molar-refractivity contribution in [3.63, 3.8) is 0 Å². The highest BCUT2D eigenvalue weighted by Crippen LogP contribution is 2.02. The van der Waals surface area contributed by atoms with Gasteiger partial charge in [0.15, 0.2) is 0 Å². The second-order valence-corrected chi connectivity index (χ2v) is 3.19. The van der Waals surface area contributed by atoms with Crippen LogP contribution in [0.5, 0.6) is 0 Å². The number of carbonyl (C=O) groups excluding carboxylic acids is 2. The Bertz CT molecular complexity index is 367. The Morgan fingerprint density at radius 3 is 2.94 bits per heavy atom. The van der Waals surface area contributed by atoms with Crippen LogP contribution in [-0.2, 0) is 9.53 Å². The van der Waals surface area contributed by atoms with Gasteiger partial charge in [0, 0.05) is 19.2 Å². The molecule has 1 heterocycles. The van der Waals surface area contributed by atoms with Gasteiger partial charge in [-0.2, -0.15) is 0 Å². The second-order valence-electron chi connectivity index (χ2n) is 3.19. The van der Waals surface area contributed by atoms with Crippen molar-refractivity contribution in [2.75, 3.05) is 18.5 Å². The van der Waals surface area contributed by atoms with Crippen molar-refractivity contribution in [1.29, 1.82) is 0 Å². The Hall–Kier alpha value is -2.11. The average Bonchev–Trinajstić information content (AvgIpc) is 2.30. The maximum Gasteiger partial charge on any atom is 0.407 e. The van der Waals surface area contributed by atoms with E-state index in [-0.39, 0.29) is 18.9 Å². The third kappa shape index (κ3) is 5.50. The second kappa shape index (κ2) is 7.21. The molecule has 1 aromatic rings. The van der Waals surface area contributed by atoms with Gasteiger partial charge in [-0.3, -0.25) is 9.78 Å². The van der Waals surface area contributed by atoms with Gasteiger partial charge >= 0.3 is 6.09 Å². The summed E-state index contributed by atoms with van der Waals surface area (Å²) in [4.78, 5) is 26.2. The van der Waals surface area contributed by atoms with Crippen LogP contribution in [0.15, 0.2) is 24.5 Å². The SMILES string of the molecule is CCOC(=O)NCCC(=O)Nc1cccnc1. The molecule has 0 aromatic carbocycles. The van der Waals surface area contributed by atoms with Crippen LogP contribution in [0.25, 0.3) is 0 Å². The molecule has 17 heavy (non-hydrogen) atoms. The topological polar surface area (TPSA) is 80.3 Å². The molecule has 6 heteroatoms. The van der Waals surface area contributed by atoms with Crippen molar-refractivity contribution in [3.05, 3.63) is 24.5 Å². The number of nitrogens with one attached hydrogen (secondary N) is 2. The van der Waals surface area contributed by atoms with Gasteiger partial charge in [0.2, 0.25) is 5.91 Å². The van der Waals surface area contributed by atoms with E-state index >= 15 is 0 Å². The first kappa shape index (κ1) is 13.0. The number of hydrogen-bond donors (Lipinski definition) is 2. The average molecular weight is 237 g/mol. The van der Waals surface area contributed by atoms with Gasteiger partial charge in [0.1, 0.15) is 0 Å². The van der Waals surface area contributed by atoms with Crippen molar-refractivity contribution in [2.45, 2.75) is 13.3 Å². The molecule has 0 saturated carbocycles. The number of aromatic nitrogens is 1. The van der Waals surface area contributed by atoms with Crippen LogP contribution in [0.2, 0.25) is 0 Å². The van der Waals surface area contributed by atoms with E-state index in [0.29, 0.717) is 12.3 Å². The quantitative estimate of drug-likeness (QED) is 0.805. The highest BCUT2D eigenvalue weighted by Gasteiger charge is 2.04. The highest BCUT2D eigenvalue weighted by molar-refractivity contribution is 5.90. The fraction of sp³-hybridized carbons (Fsp3) is 0.364. The van der Waals surface area contributed by atoms with Crippen molar-refractivity contribution in [1.82, 2.24) is 10.3 Å². The Kier molecular flexibility index (Phi) is 5.50. The first-order valence-electron chi connectivity index (χ1n) is 5.33. The summed E-state index contributed by atoms with van der Waals surface area (Å²) in [7, 11) is 0. The zero-order valence-electron chi connectivity index (χ0n) is 9.60. The van der Waals surface area contributed by atoms with E-state index in [4.69, 9.17) is 0 Å². The zero-order valence-corrected chi connectivity index (χ0v) is 9.60. The molecule has 0 radical (unpaired) electrons. The molecular weight excluding hydrogens is 222 g/mol. The molecule has 0 aliphatic heterocycles. The number of pyridine rings is 1. The summed E-state index contributed by atoms with van der Waals surface area (Å²) in [5, 5.41) is 5.12. The van der Waals surface area contributed by atoms with Gasteiger partial charge in [0.25, 0.3) is 0 Å². The smallest absolute Gasteiger partial charge is 0.407 e. The van der Waals surface area contributed by atoms with Crippen molar-refractivity contribution in [3.8, 4) is 0 Å². The molecule has 6 nitrogen and oxygen atoms in total. The summed E-state index contributed by atoms with van der Waals surface area (Å²) in [5.41, 5.74) is 0.633. The van der Waals surface area contributed by atoms with E-state index in [1.165, 1.54) is 0 Å². The summed E-state index contributed by atoms with van der Waals surface area (Å²) in [5.74, 6) is -0.185. The van der Waals surface area contributed by atoms with Crippen LogP contribution in [0.4, 0.5) is 10.5 Å². The van der Waals surface area contributed by atoms with Crippen LogP contribution in [0.3, 0.4) is 0 Å². The summed E-state index contributed by atoms with van der Waals surface area (Å²) in [6.45, 7) is 2.27. The predicted octanol–water partition coefficient (Wildman–Crippen LogP) is 1.16. The number of anilines is 1. The number of ether oxygens (including phenoxy) is 1. The van der Waals surface area contributed by atoms with Gasteiger partial charge in [-0.05, 0) is 19.1 Å². The molecule has 0 spiro atoms.